The maximum absolute atomic E-state index is 7.23. The van der Waals surface area contributed by atoms with E-state index < -0.39 is 0 Å². The molecule has 1 aliphatic heterocycles. The third kappa shape index (κ3) is 11.4. The number of nitrogens with zero attached hydrogens (tertiary/aromatic N) is 3. The van der Waals surface area contributed by atoms with Gasteiger partial charge in [0.05, 0.1) is 0 Å². The number of para-hydroxylation sites is 2. The SMILES string of the molecule is CCC(CC)c1cccc(C(CC)CC)c1N1[CH-]N(c2c(C(CC)CC)cccc2C(CC)CC)C(Cl)=C1Cl.Cc1ccccn1.[Cl][Pd][Cl]. The standard InChI is InChI=1S/C35H51Cl2N2.C6H7N.2ClH.Pd/c1-9-24(10-2)28-19-17-20-29(25(11-3)12-4)32(28)38-23-39(35(37)34(38)36)33-30(26(13-5)14-6)21-18-22-31(33)27(15-7)16-8;1-6-4-2-3-5-7-6;;;/h17-27H,9-16H2,1-8H3;2-5H,1H3;2*1H;/q-1;;;;+2/p-2. The fourth-order valence-corrected chi connectivity index (χ4v) is 7.56. The number of hydrogen-bond acceptors (Lipinski definition) is 3. The van der Waals surface area contributed by atoms with Gasteiger partial charge in [0.2, 0.25) is 0 Å². The van der Waals surface area contributed by atoms with E-state index in [1.807, 2.05) is 25.1 Å². The van der Waals surface area contributed by atoms with Crippen molar-refractivity contribution < 1.29 is 15.9 Å². The summed E-state index contributed by atoms with van der Waals surface area (Å²) in [6, 6.07) is 19.6. The van der Waals surface area contributed by atoms with Crippen LogP contribution in [0.4, 0.5) is 11.4 Å². The van der Waals surface area contributed by atoms with E-state index in [4.69, 9.17) is 42.3 Å². The van der Waals surface area contributed by atoms with Crippen molar-refractivity contribution in [2.75, 3.05) is 9.80 Å². The molecule has 0 N–H and O–H groups in total. The van der Waals surface area contributed by atoms with Crippen molar-refractivity contribution >= 4 is 53.6 Å². The summed E-state index contributed by atoms with van der Waals surface area (Å²) in [4.78, 5) is 8.38. The van der Waals surface area contributed by atoms with Crippen LogP contribution in [0.1, 0.15) is 158 Å². The molecule has 8 heteroatoms. The van der Waals surface area contributed by atoms with Crippen molar-refractivity contribution in [3.05, 3.63) is 106 Å². The number of anilines is 2. The van der Waals surface area contributed by atoms with Gasteiger partial charge in [-0.1, -0.05) is 121 Å². The van der Waals surface area contributed by atoms with Gasteiger partial charge in [-0.3, -0.25) is 4.98 Å². The van der Waals surface area contributed by atoms with Crippen LogP contribution in [0.5, 0.6) is 0 Å². The van der Waals surface area contributed by atoms with Gasteiger partial charge in [0, 0.05) is 23.3 Å². The van der Waals surface area contributed by atoms with Gasteiger partial charge in [0.15, 0.2) is 0 Å². The maximum atomic E-state index is 7.23. The molecule has 2 heterocycles. The predicted molar refractivity (Wildman–Crippen MR) is 215 cm³/mol. The Balaban J connectivity index is 0.000000718. The van der Waals surface area contributed by atoms with Gasteiger partial charge in [-0.25, -0.2) is 0 Å². The molecule has 0 aliphatic carbocycles. The topological polar surface area (TPSA) is 19.4 Å². The summed E-state index contributed by atoms with van der Waals surface area (Å²) in [5.41, 5.74) is 9.03. The van der Waals surface area contributed by atoms with E-state index in [-0.39, 0.29) is 15.9 Å². The molecular weight excluding hydrogens is 783 g/mol. The molecule has 0 unspecified atom stereocenters. The fourth-order valence-electron chi connectivity index (χ4n) is 7.12. The van der Waals surface area contributed by atoms with E-state index in [2.05, 4.69) is 113 Å². The first-order valence-electron chi connectivity index (χ1n) is 18.1. The van der Waals surface area contributed by atoms with Crippen LogP contribution in [0.25, 0.3) is 0 Å². The van der Waals surface area contributed by atoms with Crippen LogP contribution in [0.3, 0.4) is 0 Å². The van der Waals surface area contributed by atoms with E-state index in [9.17, 15) is 0 Å². The van der Waals surface area contributed by atoms with Crippen LogP contribution in [0, 0.1) is 13.6 Å². The Hall–Kier alpha value is -1.25. The second-order valence-corrected chi connectivity index (χ2v) is 15.7. The molecule has 49 heavy (non-hydrogen) atoms. The first-order chi connectivity index (χ1) is 23.7. The van der Waals surface area contributed by atoms with Crippen molar-refractivity contribution in [2.45, 2.75) is 137 Å². The molecule has 2 aromatic carbocycles. The van der Waals surface area contributed by atoms with Crippen LogP contribution >= 0.6 is 42.3 Å². The van der Waals surface area contributed by atoms with E-state index in [0.717, 1.165) is 57.1 Å². The second-order valence-electron chi connectivity index (χ2n) is 12.6. The second kappa shape index (κ2) is 23.3. The molecule has 0 saturated carbocycles. The number of pyridine rings is 1. The Morgan fingerprint density at radius 3 is 1.06 bits per heavy atom. The number of benzene rings is 2. The van der Waals surface area contributed by atoms with Gasteiger partial charge in [-0.2, -0.15) is 0 Å². The van der Waals surface area contributed by atoms with Gasteiger partial charge in [-0.05, 0) is 116 Å². The van der Waals surface area contributed by atoms with Gasteiger partial charge in [0.25, 0.3) is 0 Å². The molecule has 1 aliphatic rings. The average Bonchev–Trinajstić information content (AvgIpc) is 3.41. The van der Waals surface area contributed by atoms with Crippen molar-refractivity contribution in [1.82, 2.24) is 4.98 Å². The molecule has 0 amide bonds. The van der Waals surface area contributed by atoms with Gasteiger partial charge >= 0.3 is 35.0 Å². The minimum atomic E-state index is -0.106. The zero-order valence-electron chi connectivity index (χ0n) is 31.0. The quantitative estimate of drug-likeness (QED) is 0.0916. The Morgan fingerprint density at radius 1 is 0.551 bits per heavy atom. The number of hydrogen-bond donors (Lipinski definition) is 0. The number of rotatable bonds is 14. The molecule has 0 atom stereocenters. The number of halogens is 4. The molecular formula is C41H58Cl4N3Pd-. The Bertz CT molecular complexity index is 1260. The van der Waals surface area contributed by atoms with Crippen LogP contribution in [-0.4, -0.2) is 4.98 Å². The van der Waals surface area contributed by atoms with Gasteiger partial charge in [0.1, 0.15) is 10.3 Å². The molecule has 3 aromatic rings. The average molecular weight is 841 g/mol. The summed E-state index contributed by atoms with van der Waals surface area (Å²) < 4.78 is 0. The fraction of sp³-hybridized carbons (Fsp3) is 0.512. The van der Waals surface area contributed by atoms with Crippen molar-refractivity contribution in [2.24, 2.45) is 0 Å². The van der Waals surface area contributed by atoms with E-state index in [1.165, 1.54) is 33.6 Å². The van der Waals surface area contributed by atoms with Crippen LogP contribution in [0.2, 0.25) is 0 Å². The summed E-state index contributed by atoms with van der Waals surface area (Å²) in [5, 5.41) is 1.19. The Kier molecular flexibility index (Phi) is 20.9. The summed E-state index contributed by atoms with van der Waals surface area (Å²) in [6.45, 7) is 22.5. The van der Waals surface area contributed by atoms with E-state index in [1.54, 1.807) is 6.20 Å². The molecule has 0 bridgehead atoms. The molecule has 0 radical (unpaired) electrons. The molecule has 0 saturated heterocycles. The molecule has 276 valence electrons. The normalized spacial score (nSPS) is 13.1. The molecule has 3 nitrogen and oxygen atoms in total. The summed E-state index contributed by atoms with van der Waals surface area (Å²) in [7, 11) is 9.63. The monoisotopic (exact) mass is 838 g/mol. The van der Waals surface area contributed by atoms with E-state index >= 15 is 0 Å². The first-order valence-corrected chi connectivity index (χ1v) is 22.9. The van der Waals surface area contributed by atoms with Crippen LogP contribution < -0.4 is 9.80 Å². The number of aromatic nitrogens is 1. The summed E-state index contributed by atoms with van der Waals surface area (Å²) >= 11 is 14.4. The number of aryl methyl sites for hydroxylation is 1. The Morgan fingerprint density at radius 2 is 0.857 bits per heavy atom. The molecule has 1 aromatic heterocycles. The van der Waals surface area contributed by atoms with Gasteiger partial charge in [-0.15, -0.1) is 6.67 Å². The third-order valence-electron chi connectivity index (χ3n) is 10.0. The molecule has 4 rings (SSSR count). The van der Waals surface area contributed by atoms with Crippen LogP contribution in [0.15, 0.2) is 71.1 Å². The summed E-state index contributed by atoms with van der Waals surface area (Å²) in [6.07, 6.45) is 10.6. The zero-order valence-corrected chi connectivity index (χ0v) is 35.6. The third-order valence-corrected chi connectivity index (χ3v) is 10.8. The first kappa shape index (κ1) is 43.9. The van der Waals surface area contributed by atoms with Gasteiger partial charge < -0.3 is 9.80 Å². The predicted octanol–water partition coefficient (Wildman–Crippen LogP) is 15.1. The molecule has 0 spiro atoms. The minimum absolute atomic E-state index is 0.106. The van der Waals surface area contributed by atoms with Crippen molar-refractivity contribution in [1.29, 1.82) is 0 Å². The van der Waals surface area contributed by atoms with Crippen molar-refractivity contribution in [3.63, 3.8) is 0 Å². The van der Waals surface area contributed by atoms with E-state index in [0.29, 0.717) is 34.0 Å². The van der Waals surface area contributed by atoms with Crippen molar-refractivity contribution in [3.8, 4) is 0 Å². The van der Waals surface area contributed by atoms with Crippen LogP contribution in [-0.2, 0) is 15.9 Å². The zero-order chi connectivity index (χ0) is 36.5. The molecule has 0 fully saturated rings. The summed E-state index contributed by atoms with van der Waals surface area (Å²) in [5.74, 6) is 1.88. The Labute approximate surface area is 325 Å².